The third-order valence-corrected chi connectivity index (χ3v) is 3.97. The molecule has 4 rings (SSSR count). The standard InChI is InChI=1S/C18H15FN4O/c19-15-10-13(21-18(24)11-4-5-11)9-14-16(22-23-17(14)15)7-6-12-3-1-2-8-20-12/h1-3,6-11H,4-5H2,(H,21,24)(H,22,23). The van der Waals surface area contributed by atoms with E-state index in [1.807, 2.05) is 24.3 Å². The maximum atomic E-state index is 14.2. The summed E-state index contributed by atoms with van der Waals surface area (Å²) in [5, 5.41) is 10.2. The van der Waals surface area contributed by atoms with Crippen LogP contribution in [0, 0.1) is 11.7 Å². The minimum atomic E-state index is -0.465. The number of anilines is 1. The predicted molar refractivity (Wildman–Crippen MR) is 90.6 cm³/mol. The number of carbonyl (C=O) groups is 1. The van der Waals surface area contributed by atoms with Crippen LogP contribution in [0.4, 0.5) is 10.1 Å². The smallest absolute Gasteiger partial charge is 0.227 e. The molecule has 24 heavy (non-hydrogen) atoms. The molecule has 1 aliphatic carbocycles. The van der Waals surface area contributed by atoms with Gasteiger partial charge in [-0.2, -0.15) is 5.10 Å². The lowest BCUT2D eigenvalue weighted by molar-refractivity contribution is -0.117. The van der Waals surface area contributed by atoms with Crippen LogP contribution >= 0.6 is 0 Å². The topological polar surface area (TPSA) is 70.7 Å². The van der Waals surface area contributed by atoms with Crippen molar-refractivity contribution < 1.29 is 9.18 Å². The Morgan fingerprint density at radius 3 is 2.92 bits per heavy atom. The van der Waals surface area contributed by atoms with Crippen molar-refractivity contribution in [1.29, 1.82) is 0 Å². The second kappa shape index (κ2) is 5.88. The quantitative estimate of drug-likeness (QED) is 0.771. The predicted octanol–water partition coefficient (Wildman–Crippen LogP) is 3.62. The molecule has 0 radical (unpaired) electrons. The van der Waals surface area contributed by atoms with Crippen LogP contribution in [0.3, 0.4) is 0 Å². The van der Waals surface area contributed by atoms with E-state index >= 15 is 0 Å². The fourth-order valence-electron chi connectivity index (χ4n) is 2.53. The van der Waals surface area contributed by atoms with Gasteiger partial charge < -0.3 is 5.32 Å². The first-order chi connectivity index (χ1) is 11.7. The molecule has 0 saturated heterocycles. The zero-order chi connectivity index (χ0) is 16.5. The van der Waals surface area contributed by atoms with E-state index in [9.17, 15) is 9.18 Å². The number of rotatable bonds is 4. The SMILES string of the molecule is O=C(Nc1cc(F)c2n[nH]c(C=Cc3ccccn3)c2c1)C1CC1. The molecular formula is C18H15FN4O. The fraction of sp³-hybridized carbons (Fsp3) is 0.167. The average molecular weight is 322 g/mol. The molecule has 120 valence electrons. The lowest BCUT2D eigenvalue weighted by Crippen LogP contribution is -2.13. The summed E-state index contributed by atoms with van der Waals surface area (Å²) < 4.78 is 14.2. The number of hydrogen-bond donors (Lipinski definition) is 2. The lowest BCUT2D eigenvalue weighted by atomic mass is 10.1. The lowest BCUT2D eigenvalue weighted by Gasteiger charge is -2.05. The van der Waals surface area contributed by atoms with Gasteiger partial charge in [0.1, 0.15) is 5.52 Å². The number of halogens is 1. The van der Waals surface area contributed by atoms with E-state index in [2.05, 4.69) is 20.5 Å². The van der Waals surface area contributed by atoms with Crippen molar-refractivity contribution in [3.63, 3.8) is 0 Å². The number of nitrogens with zero attached hydrogens (tertiary/aromatic N) is 2. The van der Waals surface area contributed by atoms with Crippen LogP contribution in [-0.4, -0.2) is 21.1 Å². The highest BCUT2D eigenvalue weighted by Gasteiger charge is 2.29. The Labute approximate surface area is 137 Å². The summed E-state index contributed by atoms with van der Waals surface area (Å²) in [4.78, 5) is 16.1. The van der Waals surface area contributed by atoms with Crippen molar-refractivity contribution in [1.82, 2.24) is 15.2 Å². The maximum absolute atomic E-state index is 14.2. The van der Waals surface area contributed by atoms with Crippen molar-refractivity contribution in [2.45, 2.75) is 12.8 Å². The fourth-order valence-corrected chi connectivity index (χ4v) is 2.53. The Bertz CT molecular complexity index is 929. The summed E-state index contributed by atoms with van der Waals surface area (Å²) in [5.41, 5.74) is 2.15. The van der Waals surface area contributed by atoms with Crippen molar-refractivity contribution in [2.75, 3.05) is 5.32 Å². The van der Waals surface area contributed by atoms with E-state index < -0.39 is 5.82 Å². The van der Waals surface area contributed by atoms with Crippen molar-refractivity contribution >= 4 is 34.6 Å². The van der Waals surface area contributed by atoms with Crippen molar-refractivity contribution in [3.05, 3.63) is 53.7 Å². The van der Waals surface area contributed by atoms with Crippen molar-refractivity contribution in [2.24, 2.45) is 5.92 Å². The van der Waals surface area contributed by atoms with Gasteiger partial charge in [-0.25, -0.2) is 4.39 Å². The number of nitrogens with one attached hydrogen (secondary N) is 2. The van der Waals surface area contributed by atoms with E-state index in [0.717, 1.165) is 18.5 Å². The number of H-pyrrole nitrogens is 1. The summed E-state index contributed by atoms with van der Waals surface area (Å²) in [7, 11) is 0. The molecule has 2 aromatic heterocycles. The molecule has 0 unspecified atom stereocenters. The molecule has 0 bridgehead atoms. The van der Waals surface area contributed by atoms with Gasteiger partial charge in [0.2, 0.25) is 5.91 Å². The van der Waals surface area contributed by atoms with E-state index in [4.69, 9.17) is 0 Å². The van der Waals surface area contributed by atoms with E-state index in [0.29, 0.717) is 16.8 Å². The van der Waals surface area contributed by atoms with Crippen LogP contribution in [0.2, 0.25) is 0 Å². The van der Waals surface area contributed by atoms with Gasteiger partial charge in [-0.05, 0) is 49.3 Å². The van der Waals surface area contributed by atoms with Gasteiger partial charge in [0.25, 0.3) is 0 Å². The summed E-state index contributed by atoms with van der Waals surface area (Å²) >= 11 is 0. The number of aromatic amines is 1. The van der Waals surface area contributed by atoms with Crippen LogP contribution in [0.25, 0.3) is 23.1 Å². The Kier molecular flexibility index (Phi) is 3.57. The minimum Gasteiger partial charge on any atom is -0.326 e. The van der Waals surface area contributed by atoms with Gasteiger partial charge in [-0.1, -0.05) is 6.07 Å². The highest BCUT2D eigenvalue weighted by molar-refractivity contribution is 5.98. The number of pyridine rings is 1. The van der Waals surface area contributed by atoms with Gasteiger partial charge in [0.15, 0.2) is 5.82 Å². The number of amides is 1. The molecule has 0 atom stereocenters. The second-order valence-electron chi connectivity index (χ2n) is 5.84. The van der Waals surface area contributed by atoms with Crippen LogP contribution in [-0.2, 0) is 4.79 Å². The summed E-state index contributed by atoms with van der Waals surface area (Å²) in [6.45, 7) is 0. The van der Waals surface area contributed by atoms with Crippen LogP contribution in [0.5, 0.6) is 0 Å². The maximum Gasteiger partial charge on any atom is 0.227 e. The molecular weight excluding hydrogens is 307 g/mol. The van der Waals surface area contributed by atoms with E-state index in [1.54, 1.807) is 18.3 Å². The first-order valence-electron chi connectivity index (χ1n) is 7.78. The molecule has 2 heterocycles. The molecule has 1 amide bonds. The molecule has 3 aromatic rings. The highest BCUT2D eigenvalue weighted by Crippen LogP contribution is 2.31. The third-order valence-electron chi connectivity index (χ3n) is 3.97. The van der Waals surface area contributed by atoms with Gasteiger partial charge in [-0.15, -0.1) is 0 Å². The largest absolute Gasteiger partial charge is 0.326 e. The monoisotopic (exact) mass is 322 g/mol. The molecule has 0 aliphatic heterocycles. The third kappa shape index (κ3) is 2.90. The normalized spacial score (nSPS) is 14.4. The first-order valence-corrected chi connectivity index (χ1v) is 7.78. The molecule has 1 aliphatic rings. The zero-order valence-electron chi connectivity index (χ0n) is 12.8. The van der Waals surface area contributed by atoms with Gasteiger partial charge in [0.05, 0.1) is 11.4 Å². The van der Waals surface area contributed by atoms with Gasteiger partial charge in [-0.3, -0.25) is 14.9 Å². The molecule has 6 heteroatoms. The molecule has 5 nitrogen and oxygen atoms in total. The Morgan fingerprint density at radius 1 is 1.29 bits per heavy atom. The Hall–Kier alpha value is -3.02. The Morgan fingerprint density at radius 2 is 2.17 bits per heavy atom. The Balaban J connectivity index is 1.67. The molecule has 1 fully saturated rings. The molecule has 1 saturated carbocycles. The van der Waals surface area contributed by atoms with E-state index in [-0.39, 0.29) is 17.3 Å². The number of aromatic nitrogens is 3. The first kappa shape index (κ1) is 14.6. The van der Waals surface area contributed by atoms with Crippen molar-refractivity contribution in [3.8, 4) is 0 Å². The molecule has 0 spiro atoms. The molecule has 1 aromatic carbocycles. The average Bonchev–Trinajstić information content (AvgIpc) is 3.36. The molecule has 2 N–H and O–H groups in total. The van der Waals surface area contributed by atoms with Gasteiger partial charge >= 0.3 is 0 Å². The zero-order valence-corrected chi connectivity index (χ0v) is 12.8. The number of fused-ring (bicyclic) bond motifs is 1. The number of benzene rings is 1. The van der Waals surface area contributed by atoms with Crippen LogP contribution < -0.4 is 5.32 Å². The summed E-state index contributed by atoms with van der Waals surface area (Å²) in [5.74, 6) is -0.452. The number of carbonyl (C=O) groups excluding carboxylic acids is 1. The number of hydrogen-bond acceptors (Lipinski definition) is 3. The summed E-state index contributed by atoms with van der Waals surface area (Å²) in [6, 6.07) is 8.64. The minimum absolute atomic E-state index is 0.0529. The van der Waals surface area contributed by atoms with Crippen LogP contribution in [0.1, 0.15) is 24.2 Å². The van der Waals surface area contributed by atoms with E-state index in [1.165, 1.54) is 6.07 Å². The highest BCUT2D eigenvalue weighted by atomic mass is 19.1. The second-order valence-corrected chi connectivity index (χ2v) is 5.84. The van der Waals surface area contributed by atoms with Crippen LogP contribution in [0.15, 0.2) is 36.5 Å². The van der Waals surface area contributed by atoms with Gasteiger partial charge in [0, 0.05) is 23.2 Å². The summed E-state index contributed by atoms with van der Waals surface area (Å²) in [6.07, 6.45) is 7.13.